The van der Waals surface area contributed by atoms with Crippen molar-refractivity contribution in [3.8, 4) is 5.75 Å². The number of carbonyl (C=O) groups excluding carboxylic acids is 1. The van der Waals surface area contributed by atoms with Crippen LogP contribution in [0.15, 0.2) is 48.7 Å². The van der Waals surface area contributed by atoms with Crippen molar-refractivity contribution in [2.24, 2.45) is 0 Å². The van der Waals surface area contributed by atoms with Crippen molar-refractivity contribution >= 4 is 11.7 Å². The van der Waals surface area contributed by atoms with Crippen LogP contribution in [0.1, 0.15) is 24.3 Å². The van der Waals surface area contributed by atoms with Crippen LogP contribution in [0.5, 0.6) is 5.75 Å². The third-order valence-corrected chi connectivity index (χ3v) is 4.39. The minimum absolute atomic E-state index is 0.0476. The fourth-order valence-corrected chi connectivity index (χ4v) is 3.07. The van der Waals surface area contributed by atoms with E-state index in [9.17, 15) is 4.79 Å². The fraction of sp³-hybridized carbons (Fsp3) is 0.368. The number of nitrogens with one attached hydrogen (secondary N) is 1. The number of likely N-dealkylation sites (tertiary alicyclic amines) is 1. The lowest BCUT2D eigenvalue weighted by Gasteiger charge is -2.33. The molecule has 0 bridgehead atoms. The zero-order chi connectivity index (χ0) is 16.8. The minimum Gasteiger partial charge on any atom is -0.484 e. The molecule has 1 fully saturated rings. The molecule has 1 N–H and O–H groups in total. The van der Waals surface area contributed by atoms with Crippen molar-refractivity contribution in [1.82, 2.24) is 9.88 Å². The second-order valence-electron chi connectivity index (χ2n) is 6.01. The van der Waals surface area contributed by atoms with Gasteiger partial charge in [0.2, 0.25) is 0 Å². The maximum atomic E-state index is 12.4. The standard InChI is InChI=1S/C19H23N3O2/c1-20-18-12-15(9-10-21-18)16-6-5-11-22(13-16)19(23)14-24-17-7-3-2-4-8-17/h2-4,7-10,12,16H,5-6,11,13-14H2,1H3,(H,20,21). The number of nitrogens with zero attached hydrogens (tertiary/aromatic N) is 2. The van der Waals surface area contributed by atoms with E-state index in [-0.39, 0.29) is 12.5 Å². The Balaban J connectivity index is 1.59. The molecule has 1 unspecified atom stereocenters. The largest absolute Gasteiger partial charge is 0.484 e. The van der Waals surface area contributed by atoms with Crippen molar-refractivity contribution in [3.63, 3.8) is 0 Å². The molecule has 2 aromatic rings. The average Bonchev–Trinajstić information content (AvgIpc) is 2.67. The zero-order valence-electron chi connectivity index (χ0n) is 13.9. The molecule has 0 radical (unpaired) electrons. The van der Waals surface area contributed by atoms with Gasteiger partial charge < -0.3 is 15.0 Å². The Kier molecular flexibility index (Phi) is 5.31. The van der Waals surface area contributed by atoms with E-state index < -0.39 is 0 Å². The van der Waals surface area contributed by atoms with E-state index in [1.54, 1.807) is 0 Å². The Bertz CT molecular complexity index is 675. The highest BCUT2D eigenvalue weighted by molar-refractivity contribution is 5.78. The van der Waals surface area contributed by atoms with Gasteiger partial charge in [-0.25, -0.2) is 4.98 Å². The molecule has 0 saturated carbocycles. The molecule has 0 aliphatic carbocycles. The predicted octanol–water partition coefficient (Wildman–Crippen LogP) is 2.91. The number of benzene rings is 1. The smallest absolute Gasteiger partial charge is 0.260 e. The molecule has 126 valence electrons. The van der Waals surface area contributed by atoms with Crippen LogP contribution in [-0.2, 0) is 4.79 Å². The first kappa shape index (κ1) is 16.3. The number of piperidine rings is 1. The van der Waals surface area contributed by atoms with Crippen molar-refractivity contribution in [2.75, 3.05) is 32.1 Å². The van der Waals surface area contributed by atoms with Gasteiger partial charge in [-0.1, -0.05) is 18.2 Å². The molecule has 2 heterocycles. The van der Waals surface area contributed by atoms with E-state index in [2.05, 4.69) is 16.4 Å². The molecule has 5 nitrogen and oxygen atoms in total. The summed E-state index contributed by atoms with van der Waals surface area (Å²) in [6.45, 7) is 1.64. The van der Waals surface area contributed by atoms with Crippen LogP contribution in [0.2, 0.25) is 0 Å². The first-order chi connectivity index (χ1) is 11.8. The highest BCUT2D eigenvalue weighted by atomic mass is 16.5. The van der Waals surface area contributed by atoms with E-state index in [1.807, 2.05) is 54.5 Å². The van der Waals surface area contributed by atoms with Crippen LogP contribution in [-0.4, -0.2) is 42.5 Å². The molecule has 24 heavy (non-hydrogen) atoms. The van der Waals surface area contributed by atoms with Crippen LogP contribution in [0, 0.1) is 0 Å². The summed E-state index contributed by atoms with van der Waals surface area (Å²) in [7, 11) is 1.86. The molecule has 1 aromatic heterocycles. The second-order valence-corrected chi connectivity index (χ2v) is 6.01. The van der Waals surface area contributed by atoms with Crippen LogP contribution in [0.25, 0.3) is 0 Å². The lowest BCUT2D eigenvalue weighted by molar-refractivity contribution is -0.134. The third kappa shape index (κ3) is 4.04. The third-order valence-electron chi connectivity index (χ3n) is 4.39. The zero-order valence-corrected chi connectivity index (χ0v) is 13.9. The summed E-state index contributed by atoms with van der Waals surface area (Å²) in [6, 6.07) is 13.6. The van der Waals surface area contributed by atoms with Crippen molar-refractivity contribution < 1.29 is 9.53 Å². The van der Waals surface area contributed by atoms with Gasteiger partial charge in [-0.2, -0.15) is 0 Å². The van der Waals surface area contributed by atoms with Crippen LogP contribution in [0.4, 0.5) is 5.82 Å². The Morgan fingerprint density at radius 3 is 2.96 bits per heavy atom. The van der Waals surface area contributed by atoms with E-state index >= 15 is 0 Å². The number of ether oxygens (including phenoxy) is 1. The first-order valence-corrected chi connectivity index (χ1v) is 8.35. The molecule has 1 aliphatic heterocycles. The Morgan fingerprint density at radius 1 is 1.33 bits per heavy atom. The topological polar surface area (TPSA) is 54.5 Å². The van der Waals surface area contributed by atoms with E-state index in [4.69, 9.17) is 4.74 Å². The van der Waals surface area contributed by atoms with Gasteiger partial charge in [0.15, 0.2) is 6.61 Å². The van der Waals surface area contributed by atoms with E-state index in [0.29, 0.717) is 5.92 Å². The van der Waals surface area contributed by atoms with Gasteiger partial charge in [0.25, 0.3) is 5.91 Å². The minimum atomic E-state index is 0.0476. The van der Waals surface area contributed by atoms with Gasteiger partial charge in [-0.15, -0.1) is 0 Å². The molecular formula is C19H23N3O2. The number of carbonyl (C=O) groups is 1. The molecular weight excluding hydrogens is 302 g/mol. The number of hydrogen-bond donors (Lipinski definition) is 1. The maximum absolute atomic E-state index is 12.4. The first-order valence-electron chi connectivity index (χ1n) is 8.35. The van der Waals surface area contributed by atoms with Crippen molar-refractivity contribution in [1.29, 1.82) is 0 Å². The second kappa shape index (κ2) is 7.81. The Hall–Kier alpha value is -2.56. The molecule has 1 saturated heterocycles. The van der Waals surface area contributed by atoms with Gasteiger partial charge in [-0.3, -0.25) is 4.79 Å². The summed E-state index contributed by atoms with van der Waals surface area (Å²) in [5, 5.41) is 3.07. The number of anilines is 1. The molecule has 1 amide bonds. The molecule has 0 spiro atoms. The molecule has 1 atom stereocenters. The summed E-state index contributed by atoms with van der Waals surface area (Å²) in [5.74, 6) is 2.00. The normalized spacial score (nSPS) is 17.4. The summed E-state index contributed by atoms with van der Waals surface area (Å²) >= 11 is 0. The Labute approximate surface area is 142 Å². The number of pyridine rings is 1. The predicted molar refractivity (Wildman–Crippen MR) is 94.3 cm³/mol. The summed E-state index contributed by atoms with van der Waals surface area (Å²) < 4.78 is 5.59. The van der Waals surface area contributed by atoms with Gasteiger partial charge >= 0.3 is 0 Å². The van der Waals surface area contributed by atoms with Crippen molar-refractivity contribution in [3.05, 3.63) is 54.2 Å². The lowest BCUT2D eigenvalue weighted by atomic mass is 9.91. The number of hydrogen-bond acceptors (Lipinski definition) is 4. The van der Waals surface area contributed by atoms with E-state index in [1.165, 1.54) is 5.56 Å². The highest BCUT2D eigenvalue weighted by Crippen LogP contribution is 2.27. The highest BCUT2D eigenvalue weighted by Gasteiger charge is 2.25. The van der Waals surface area contributed by atoms with Crippen LogP contribution >= 0.6 is 0 Å². The number of rotatable bonds is 5. The van der Waals surface area contributed by atoms with E-state index in [0.717, 1.165) is 37.5 Å². The summed E-state index contributed by atoms with van der Waals surface area (Å²) in [5.41, 5.74) is 1.23. The van der Waals surface area contributed by atoms with Gasteiger partial charge in [-0.05, 0) is 42.7 Å². The van der Waals surface area contributed by atoms with Crippen molar-refractivity contribution in [2.45, 2.75) is 18.8 Å². The van der Waals surface area contributed by atoms with Gasteiger partial charge in [0.1, 0.15) is 11.6 Å². The average molecular weight is 325 g/mol. The molecule has 5 heteroatoms. The molecule has 1 aromatic carbocycles. The number of para-hydroxylation sites is 1. The SMILES string of the molecule is CNc1cc(C2CCCN(C(=O)COc3ccccc3)C2)ccn1. The van der Waals surface area contributed by atoms with Crippen LogP contribution < -0.4 is 10.1 Å². The Morgan fingerprint density at radius 2 is 2.17 bits per heavy atom. The lowest BCUT2D eigenvalue weighted by Crippen LogP contribution is -2.41. The van der Waals surface area contributed by atoms with Gasteiger partial charge in [0, 0.05) is 32.3 Å². The maximum Gasteiger partial charge on any atom is 0.260 e. The quantitative estimate of drug-likeness (QED) is 0.918. The van der Waals surface area contributed by atoms with Gasteiger partial charge in [0.05, 0.1) is 0 Å². The number of amides is 1. The van der Waals surface area contributed by atoms with Crippen LogP contribution in [0.3, 0.4) is 0 Å². The summed E-state index contributed by atoms with van der Waals surface area (Å²) in [4.78, 5) is 18.6. The summed E-state index contributed by atoms with van der Waals surface area (Å²) in [6.07, 6.45) is 3.93. The monoisotopic (exact) mass is 325 g/mol. The molecule has 3 rings (SSSR count). The number of aromatic nitrogens is 1. The fourth-order valence-electron chi connectivity index (χ4n) is 3.07. The molecule has 1 aliphatic rings.